The van der Waals surface area contributed by atoms with Crippen molar-refractivity contribution >= 4 is 5.91 Å². The number of nitrogens with zero attached hydrogens (tertiary/aromatic N) is 1. The van der Waals surface area contributed by atoms with E-state index >= 15 is 0 Å². The minimum absolute atomic E-state index is 0.0704. The van der Waals surface area contributed by atoms with Gasteiger partial charge in [-0.2, -0.15) is 0 Å². The molecule has 0 aliphatic carbocycles. The number of hydrogen-bond acceptors (Lipinski definition) is 4. The van der Waals surface area contributed by atoms with Gasteiger partial charge in [0, 0.05) is 25.2 Å². The molecule has 5 heteroatoms. The maximum Gasteiger partial charge on any atom is 0.234 e. The zero-order valence-corrected chi connectivity index (χ0v) is 13.0. The van der Waals surface area contributed by atoms with E-state index in [-0.39, 0.29) is 18.1 Å². The van der Waals surface area contributed by atoms with Crippen LogP contribution in [0.1, 0.15) is 33.6 Å². The molecule has 2 N–H and O–H groups in total. The van der Waals surface area contributed by atoms with Gasteiger partial charge in [-0.25, -0.2) is 0 Å². The largest absolute Gasteiger partial charge is 0.374 e. The van der Waals surface area contributed by atoms with Gasteiger partial charge in [-0.3, -0.25) is 9.69 Å². The molecular weight excluding hydrogens is 254 g/mol. The van der Waals surface area contributed by atoms with Gasteiger partial charge in [0.15, 0.2) is 0 Å². The molecule has 2 rings (SSSR count). The molecule has 0 aromatic rings. The van der Waals surface area contributed by atoms with E-state index in [1.54, 1.807) is 0 Å². The summed E-state index contributed by atoms with van der Waals surface area (Å²) in [6, 6.07) is 0.863. The Labute approximate surface area is 122 Å². The summed E-state index contributed by atoms with van der Waals surface area (Å²) >= 11 is 0. The molecule has 116 valence electrons. The zero-order valence-electron chi connectivity index (χ0n) is 13.0. The molecule has 0 bridgehead atoms. The maximum atomic E-state index is 11.8. The first-order valence-electron chi connectivity index (χ1n) is 7.92. The number of fused-ring (bicyclic) bond motifs is 1. The third kappa shape index (κ3) is 4.43. The fourth-order valence-electron chi connectivity index (χ4n) is 2.83. The van der Waals surface area contributed by atoms with E-state index in [2.05, 4.69) is 29.4 Å². The lowest BCUT2D eigenvalue weighted by atomic mass is 10.1. The molecule has 5 nitrogen and oxygen atoms in total. The summed E-state index contributed by atoms with van der Waals surface area (Å²) in [5.41, 5.74) is 0. The van der Waals surface area contributed by atoms with E-state index in [4.69, 9.17) is 4.74 Å². The van der Waals surface area contributed by atoms with Crippen LogP contribution in [0.15, 0.2) is 0 Å². The second-order valence-electron chi connectivity index (χ2n) is 6.48. The quantitative estimate of drug-likeness (QED) is 0.749. The molecule has 0 aromatic heterocycles. The minimum Gasteiger partial charge on any atom is -0.374 e. The normalized spacial score (nSPS) is 28.4. The van der Waals surface area contributed by atoms with Crippen molar-refractivity contribution in [2.24, 2.45) is 5.92 Å². The lowest BCUT2D eigenvalue weighted by molar-refractivity contribution is -0.121. The Morgan fingerprint density at radius 1 is 1.40 bits per heavy atom. The Kier molecular flexibility index (Phi) is 5.81. The Bertz CT molecular complexity index is 322. The van der Waals surface area contributed by atoms with Crippen molar-refractivity contribution in [1.82, 2.24) is 15.5 Å². The summed E-state index contributed by atoms with van der Waals surface area (Å²) in [6.07, 6.45) is 2.79. The molecule has 20 heavy (non-hydrogen) atoms. The maximum absolute atomic E-state index is 11.8. The highest BCUT2D eigenvalue weighted by Crippen LogP contribution is 2.22. The van der Waals surface area contributed by atoms with Gasteiger partial charge >= 0.3 is 0 Å². The van der Waals surface area contributed by atoms with Crippen molar-refractivity contribution < 1.29 is 9.53 Å². The minimum atomic E-state index is 0.0704. The van der Waals surface area contributed by atoms with Crippen LogP contribution in [-0.2, 0) is 9.53 Å². The Hall–Kier alpha value is -0.650. The van der Waals surface area contributed by atoms with E-state index in [1.807, 2.05) is 6.92 Å². The molecular formula is C15H29N3O2. The predicted octanol–water partition coefficient (Wildman–Crippen LogP) is 0.600. The number of nitrogens with one attached hydrogen (secondary N) is 2. The van der Waals surface area contributed by atoms with E-state index in [9.17, 15) is 4.79 Å². The molecule has 2 saturated heterocycles. The molecule has 0 radical (unpaired) electrons. The van der Waals surface area contributed by atoms with Gasteiger partial charge in [0.05, 0.1) is 19.3 Å². The van der Waals surface area contributed by atoms with Gasteiger partial charge in [-0.1, -0.05) is 13.8 Å². The average Bonchev–Trinajstić information content (AvgIpc) is 2.85. The Balaban J connectivity index is 1.60. The van der Waals surface area contributed by atoms with Gasteiger partial charge < -0.3 is 15.4 Å². The summed E-state index contributed by atoms with van der Waals surface area (Å²) in [5.74, 6) is 0.536. The molecule has 2 aliphatic rings. The lowest BCUT2D eigenvalue weighted by Crippen LogP contribution is -2.50. The Morgan fingerprint density at radius 2 is 2.20 bits per heavy atom. The van der Waals surface area contributed by atoms with Crippen LogP contribution >= 0.6 is 0 Å². The third-order valence-corrected chi connectivity index (χ3v) is 4.51. The van der Waals surface area contributed by atoms with E-state index in [0.29, 0.717) is 18.5 Å². The number of morpholine rings is 1. The second kappa shape index (κ2) is 7.38. The molecule has 2 aliphatic heterocycles. The van der Waals surface area contributed by atoms with Crippen molar-refractivity contribution in [2.45, 2.75) is 51.8 Å². The number of hydrogen-bond donors (Lipinski definition) is 2. The topological polar surface area (TPSA) is 53.6 Å². The van der Waals surface area contributed by atoms with E-state index in [1.165, 1.54) is 19.4 Å². The van der Waals surface area contributed by atoms with Crippen LogP contribution < -0.4 is 10.6 Å². The third-order valence-electron chi connectivity index (χ3n) is 4.51. The SMILES string of the molecule is CC(C)C(C)NC(=O)CNCC1CN2CCCC2CO1. The van der Waals surface area contributed by atoms with Crippen molar-refractivity contribution in [3.8, 4) is 0 Å². The van der Waals surface area contributed by atoms with Gasteiger partial charge in [0.1, 0.15) is 0 Å². The van der Waals surface area contributed by atoms with Crippen LogP contribution in [0.25, 0.3) is 0 Å². The highest BCUT2D eigenvalue weighted by Gasteiger charge is 2.31. The summed E-state index contributed by atoms with van der Waals surface area (Å²) < 4.78 is 5.86. The molecule has 0 saturated carbocycles. The van der Waals surface area contributed by atoms with Gasteiger partial charge in [-0.05, 0) is 32.2 Å². The molecule has 2 fully saturated rings. The second-order valence-corrected chi connectivity index (χ2v) is 6.48. The summed E-state index contributed by atoms with van der Waals surface area (Å²) in [7, 11) is 0. The zero-order chi connectivity index (χ0) is 14.5. The van der Waals surface area contributed by atoms with Crippen LogP contribution in [0.4, 0.5) is 0 Å². The molecule has 0 aromatic carbocycles. The summed E-state index contributed by atoms with van der Waals surface area (Å²) in [5, 5.41) is 6.22. The van der Waals surface area contributed by atoms with Gasteiger partial charge in [-0.15, -0.1) is 0 Å². The first-order chi connectivity index (χ1) is 9.56. The monoisotopic (exact) mass is 283 g/mol. The van der Waals surface area contributed by atoms with Crippen LogP contribution in [0, 0.1) is 5.92 Å². The summed E-state index contributed by atoms with van der Waals surface area (Å²) in [4.78, 5) is 14.3. The fourth-order valence-corrected chi connectivity index (χ4v) is 2.83. The molecule has 1 amide bonds. The first kappa shape index (κ1) is 15.7. The van der Waals surface area contributed by atoms with Crippen LogP contribution in [0.2, 0.25) is 0 Å². The van der Waals surface area contributed by atoms with Crippen molar-refractivity contribution in [1.29, 1.82) is 0 Å². The number of carbonyl (C=O) groups excluding carboxylic acids is 1. The van der Waals surface area contributed by atoms with Gasteiger partial charge in [0.2, 0.25) is 5.91 Å². The standard InChI is InChI=1S/C15H29N3O2/c1-11(2)12(3)17-15(19)8-16-7-14-9-18-6-4-5-13(18)10-20-14/h11-14,16H,4-10H2,1-3H3,(H,17,19). The lowest BCUT2D eigenvalue weighted by Gasteiger charge is -2.35. The molecule has 3 unspecified atom stereocenters. The molecule has 3 atom stereocenters. The smallest absolute Gasteiger partial charge is 0.234 e. The van der Waals surface area contributed by atoms with Crippen LogP contribution in [0.5, 0.6) is 0 Å². The Morgan fingerprint density at radius 3 is 2.95 bits per heavy atom. The van der Waals surface area contributed by atoms with Crippen LogP contribution in [-0.4, -0.2) is 61.8 Å². The fraction of sp³-hybridized carbons (Fsp3) is 0.933. The number of amides is 1. The van der Waals surface area contributed by atoms with E-state index < -0.39 is 0 Å². The average molecular weight is 283 g/mol. The highest BCUT2D eigenvalue weighted by atomic mass is 16.5. The van der Waals surface area contributed by atoms with Gasteiger partial charge in [0.25, 0.3) is 0 Å². The molecule has 2 heterocycles. The van der Waals surface area contributed by atoms with E-state index in [0.717, 1.165) is 19.7 Å². The van der Waals surface area contributed by atoms with Crippen molar-refractivity contribution in [2.75, 3.05) is 32.8 Å². The number of ether oxygens (including phenoxy) is 1. The van der Waals surface area contributed by atoms with Crippen molar-refractivity contribution in [3.63, 3.8) is 0 Å². The highest BCUT2D eigenvalue weighted by molar-refractivity contribution is 5.78. The summed E-state index contributed by atoms with van der Waals surface area (Å²) in [6.45, 7) is 10.5. The predicted molar refractivity (Wildman–Crippen MR) is 79.6 cm³/mol. The molecule has 0 spiro atoms. The van der Waals surface area contributed by atoms with Crippen LogP contribution in [0.3, 0.4) is 0 Å². The number of rotatable bonds is 6. The number of carbonyl (C=O) groups is 1. The first-order valence-corrected chi connectivity index (χ1v) is 7.92. The van der Waals surface area contributed by atoms with Crippen molar-refractivity contribution in [3.05, 3.63) is 0 Å².